The fourth-order valence-electron chi connectivity index (χ4n) is 2.09. The van der Waals surface area contributed by atoms with Crippen molar-refractivity contribution in [2.75, 3.05) is 0 Å². The lowest BCUT2D eigenvalue weighted by Gasteiger charge is -2.09. The van der Waals surface area contributed by atoms with E-state index in [4.69, 9.17) is 11.6 Å². The number of pyridine rings is 1. The first-order valence-electron chi connectivity index (χ1n) is 6.78. The molecule has 0 saturated heterocycles. The van der Waals surface area contributed by atoms with Gasteiger partial charge < -0.3 is 4.57 Å². The molecule has 0 bridgehead atoms. The van der Waals surface area contributed by atoms with E-state index in [-0.39, 0.29) is 6.54 Å². The second-order valence-electron chi connectivity index (χ2n) is 5.01. The minimum atomic E-state index is -4.52. The van der Waals surface area contributed by atoms with Crippen molar-refractivity contribution < 1.29 is 13.2 Å². The minimum Gasteiger partial charge on any atom is -0.309 e. The third kappa shape index (κ3) is 3.48. The number of benzene rings is 1. The summed E-state index contributed by atoms with van der Waals surface area (Å²) in [7, 11) is 0. The van der Waals surface area contributed by atoms with Crippen molar-refractivity contribution in [3.63, 3.8) is 0 Å². The van der Waals surface area contributed by atoms with Gasteiger partial charge in [0.15, 0.2) is 0 Å². The van der Waals surface area contributed by atoms with Crippen LogP contribution in [0.1, 0.15) is 11.3 Å². The molecule has 9 heteroatoms. The molecule has 3 rings (SSSR count). The maximum Gasteiger partial charge on any atom is 0.417 e. The van der Waals surface area contributed by atoms with Gasteiger partial charge in [0, 0.05) is 17.3 Å². The largest absolute Gasteiger partial charge is 0.417 e. The molecule has 0 spiro atoms. The van der Waals surface area contributed by atoms with Crippen molar-refractivity contribution in [1.29, 1.82) is 0 Å². The van der Waals surface area contributed by atoms with Gasteiger partial charge in [0.25, 0.3) is 5.56 Å². The maximum absolute atomic E-state index is 12.7. The number of rotatable bonds is 3. The van der Waals surface area contributed by atoms with Gasteiger partial charge in [0.2, 0.25) is 0 Å². The van der Waals surface area contributed by atoms with Crippen LogP contribution in [-0.2, 0) is 12.7 Å². The zero-order valence-corrected chi connectivity index (χ0v) is 12.8. The summed E-state index contributed by atoms with van der Waals surface area (Å²) in [6.45, 7) is -0.115. The molecule has 124 valence electrons. The average Bonchev–Trinajstić information content (AvgIpc) is 2.97. The summed E-state index contributed by atoms with van der Waals surface area (Å²) in [4.78, 5) is 11.7. The normalized spacial score (nSPS) is 11.7. The first kappa shape index (κ1) is 16.3. The summed E-state index contributed by atoms with van der Waals surface area (Å²) in [5, 5.41) is 8.35. The molecule has 24 heavy (non-hydrogen) atoms. The number of alkyl halides is 3. The van der Waals surface area contributed by atoms with Crippen molar-refractivity contribution in [2.24, 2.45) is 0 Å². The monoisotopic (exact) mass is 354 g/mol. The summed E-state index contributed by atoms with van der Waals surface area (Å²) in [5.74, 6) is 0. The van der Waals surface area contributed by atoms with Crippen LogP contribution < -0.4 is 5.56 Å². The first-order chi connectivity index (χ1) is 11.3. The molecule has 0 aliphatic heterocycles. The molecular weight excluding hydrogens is 345 g/mol. The third-order valence-electron chi connectivity index (χ3n) is 3.28. The Kier molecular flexibility index (Phi) is 4.15. The van der Waals surface area contributed by atoms with Crippen LogP contribution in [0.5, 0.6) is 0 Å². The molecular formula is C15H10ClF3N4O. The molecule has 2 heterocycles. The molecule has 0 atom stereocenters. The van der Waals surface area contributed by atoms with Crippen LogP contribution in [-0.4, -0.2) is 19.6 Å². The Bertz CT molecular complexity index is 915. The van der Waals surface area contributed by atoms with Crippen LogP contribution in [0.3, 0.4) is 0 Å². The van der Waals surface area contributed by atoms with E-state index in [0.717, 1.165) is 22.9 Å². The van der Waals surface area contributed by atoms with Gasteiger partial charge in [0.05, 0.1) is 24.0 Å². The summed E-state index contributed by atoms with van der Waals surface area (Å²) in [6, 6.07) is 8.43. The summed E-state index contributed by atoms with van der Waals surface area (Å²) in [5.41, 5.74) is -0.405. The highest BCUT2D eigenvalue weighted by Gasteiger charge is 2.31. The van der Waals surface area contributed by atoms with E-state index < -0.39 is 17.3 Å². The van der Waals surface area contributed by atoms with E-state index in [2.05, 4.69) is 10.3 Å². The van der Waals surface area contributed by atoms with E-state index in [1.54, 1.807) is 24.3 Å². The van der Waals surface area contributed by atoms with E-state index in [1.165, 1.54) is 10.9 Å². The molecule has 0 unspecified atom stereocenters. The van der Waals surface area contributed by atoms with Crippen molar-refractivity contribution >= 4 is 11.6 Å². The number of hydrogen-bond donors (Lipinski definition) is 0. The molecule has 0 fully saturated rings. The highest BCUT2D eigenvalue weighted by Crippen LogP contribution is 2.28. The van der Waals surface area contributed by atoms with Gasteiger partial charge in [-0.1, -0.05) is 16.8 Å². The van der Waals surface area contributed by atoms with Gasteiger partial charge in [-0.05, 0) is 30.3 Å². The van der Waals surface area contributed by atoms with Crippen molar-refractivity contribution in [3.8, 4) is 5.69 Å². The Morgan fingerprint density at radius 3 is 2.42 bits per heavy atom. The number of hydrogen-bond acceptors (Lipinski definition) is 3. The predicted molar refractivity (Wildman–Crippen MR) is 81.2 cm³/mol. The molecule has 2 aromatic heterocycles. The summed E-state index contributed by atoms with van der Waals surface area (Å²) < 4.78 is 40.6. The maximum atomic E-state index is 12.7. The highest BCUT2D eigenvalue weighted by atomic mass is 35.5. The lowest BCUT2D eigenvalue weighted by atomic mass is 10.2. The van der Waals surface area contributed by atoms with Gasteiger partial charge in [-0.15, -0.1) is 5.10 Å². The number of nitrogens with zero attached hydrogens (tertiary/aromatic N) is 4. The molecule has 0 saturated carbocycles. The molecule has 0 aliphatic rings. The van der Waals surface area contributed by atoms with E-state index in [1.807, 2.05) is 0 Å². The number of halogens is 4. The van der Waals surface area contributed by atoms with E-state index in [9.17, 15) is 18.0 Å². The minimum absolute atomic E-state index is 0.115. The quantitative estimate of drug-likeness (QED) is 0.726. The molecule has 3 aromatic rings. The molecule has 0 radical (unpaired) electrons. The molecule has 0 aliphatic carbocycles. The van der Waals surface area contributed by atoms with Crippen LogP contribution in [0.15, 0.2) is 53.6 Å². The Labute approximate surface area is 138 Å². The van der Waals surface area contributed by atoms with Crippen molar-refractivity contribution in [2.45, 2.75) is 12.7 Å². The average molecular weight is 355 g/mol. The standard InChI is InChI=1S/C15H10ClF3N4O/c16-11-2-4-13(5-3-11)23-9-12(20-21-23)8-22-7-10(15(17,18)19)1-6-14(22)24/h1-7,9H,8H2. The van der Waals surface area contributed by atoms with E-state index in [0.29, 0.717) is 16.4 Å². The van der Waals surface area contributed by atoms with Crippen LogP contribution in [0.4, 0.5) is 13.2 Å². The fourth-order valence-corrected chi connectivity index (χ4v) is 2.21. The van der Waals surface area contributed by atoms with Crippen LogP contribution >= 0.6 is 11.6 Å². The Morgan fingerprint density at radius 2 is 1.75 bits per heavy atom. The fraction of sp³-hybridized carbons (Fsp3) is 0.133. The van der Waals surface area contributed by atoms with Gasteiger partial charge in [0.1, 0.15) is 5.69 Å². The van der Waals surface area contributed by atoms with Gasteiger partial charge >= 0.3 is 6.18 Å². The summed E-state index contributed by atoms with van der Waals surface area (Å²) in [6.07, 6.45) is -2.21. The number of aromatic nitrogens is 4. The first-order valence-corrected chi connectivity index (χ1v) is 7.15. The SMILES string of the molecule is O=c1ccc(C(F)(F)F)cn1Cc1cn(-c2ccc(Cl)cc2)nn1. The highest BCUT2D eigenvalue weighted by molar-refractivity contribution is 6.30. The predicted octanol–water partition coefficient (Wildman–Crippen LogP) is 3.15. The Morgan fingerprint density at radius 1 is 1.04 bits per heavy atom. The van der Waals surface area contributed by atoms with E-state index >= 15 is 0 Å². The van der Waals surface area contributed by atoms with Crippen molar-refractivity contribution in [1.82, 2.24) is 19.6 Å². The molecule has 5 nitrogen and oxygen atoms in total. The molecule has 1 aromatic carbocycles. The lowest BCUT2D eigenvalue weighted by Crippen LogP contribution is -2.22. The van der Waals surface area contributed by atoms with Crippen LogP contribution in [0.2, 0.25) is 5.02 Å². The Balaban J connectivity index is 1.87. The zero-order valence-electron chi connectivity index (χ0n) is 12.0. The van der Waals surface area contributed by atoms with Gasteiger partial charge in [-0.25, -0.2) is 4.68 Å². The smallest absolute Gasteiger partial charge is 0.309 e. The van der Waals surface area contributed by atoms with Gasteiger partial charge in [-0.3, -0.25) is 4.79 Å². The summed E-state index contributed by atoms with van der Waals surface area (Å²) >= 11 is 5.81. The molecule has 0 N–H and O–H groups in total. The Hall–Kier alpha value is -2.61. The topological polar surface area (TPSA) is 52.7 Å². The van der Waals surface area contributed by atoms with Crippen molar-refractivity contribution in [3.05, 3.63) is 75.4 Å². The lowest BCUT2D eigenvalue weighted by molar-refractivity contribution is -0.138. The third-order valence-corrected chi connectivity index (χ3v) is 3.53. The van der Waals surface area contributed by atoms with Crippen LogP contribution in [0, 0.1) is 0 Å². The second-order valence-corrected chi connectivity index (χ2v) is 5.45. The molecule has 0 amide bonds. The second kappa shape index (κ2) is 6.12. The zero-order chi connectivity index (χ0) is 17.3. The van der Waals surface area contributed by atoms with Crippen LogP contribution in [0.25, 0.3) is 5.69 Å². The van der Waals surface area contributed by atoms with Gasteiger partial charge in [-0.2, -0.15) is 13.2 Å².